The summed E-state index contributed by atoms with van der Waals surface area (Å²) in [7, 11) is 0. The molecule has 2 N–H and O–H groups in total. The van der Waals surface area contributed by atoms with Crippen LogP contribution in [0.5, 0.6) is 5.75 Å². The van der Waals surface area contributed by atoms with Crippen molar-refractivity contribution in [3.05, 3.63) is 24.8 Å². The Kier molecular flexibility index (Phi) is 4.38. The molecule has 3 aromatic rings. The molecule has 1 aliphatic carbocycles. The average Bonchev–Trinajstić information content (AvgIpc) is 3.30. The zero-order valence-corrected chi connectivity index (χ0v) is 15.4. The Labute approximate surface area is 164 Å². The number of anilines is 1. The van der Waals surface area contributed by atoms with Crippen molar-refractivity contribution in [2.24, 2.45) is 5.92 Å². The summed E-state index contributed by atoms with van der Waals surface area (Å²) in [6.45, 7) is -1.54. The molecule has 1 aliphatic heterocycles. The Morgan fingerprint density at radius 1 is 1.31 bits per heavy atom. The van der Waals surface area contributed by atoms with E-state index in [4.69, 9.17) is 4.74 Å². The van der Waals surface area contributed by atoms with Gasteiger partial charge in [-0.05, 0) is 25.8 Å². The van der Waals surface area contributed by atoms with Crippen LogP contribution in [0, 0.1) is 5.92 Å². The van der Waals surface area contributed by atoms with Crippen LogP contribution in [0.3, 0.4) is 0 Å². The van der Waals surface area contributed by atoms with Crippen LogP contribution >= 0.6 is 0 Å². The summed E-state index contributed by atoms with van der Waals surface area (Å²) in [5, 5.41) is 9.73. The monoisotopic (exact) mass is 403 g/mol. The third-order valence-electron chi connectivity index (χ3n) is 5.10. The summed E-state index contributed by atoms with van der Waals surface area (Å²) in [5.74, 6) is 0.639. The fourth-order valence-electron chi connectivity index (χ4n) is 3.18. The number of ether oxygens (including phenoxy) is 1. The number of fused-ring (bicyclic) bond motifs is 1. The number of carbonyl (C=O) groups is 1. The highest BCUT2D eigenvalue weighted by Crippen LogP contribution is 2.33. The minimum atomic E-state index is -2.84. The second-order valence-corrected chi connectivity index (χ2v) is 7.26. The van der Waals surface area contributed by atoms with E-state index in [-0.39, 0.29) is 35.0 Å². The molecule has 4 heterocycles. The molecule has 0 bridgehead atoms. The zero-order chi connectivity index (χ0) is 20.0. The van der Waals surface area contributed by atoms with Gasteiger partial charge in [0.1, 0.15) is 18.0 Å². The first kappa shape index (κ1) is 18.0. The average molecular weight is 403 g/mol. The second kappa shape index (κ2) is 7.07. The molecule has 9 nitrogen and oxygen atoms in total. The summed E-state index contributed by atoms with van der Waals surface area (Å²) in [5.41, 5.74) is 0.854. The van der Waals surface area contributed by atoms with Gasteiger partial charge in [0.2, 0.25) is 5.91 Å². The Morgan fingerprint density at radius 2 is 2.14 bits per heavy atom. The third-order valence-corrected chi connectivity index (χ3v) is 5.10. The lowest BCUT2D eigenvalue weighted by Crippen LogP contribution is -2.46. The molecule has 11 heteroatoms. The van der Waals surface area contributed by atoms with Gasteiger partial charge in [-0.2, -0.15) is 18.6 Å². The van der Waals surface area contributed by atoms with Crippen molar-refractivity contribution in [2.75, 3.05) is 18.5 Å². The molecule has 5 rings (SSSR count). The lowest BCUT2D eigenvalue weighted by atomic mass is 10.1. The lowest BCUT2D eigenvalue weighted by Gasteiger charge is -2.27. The first-order valence-corrected chi connectivity index (χ1v) is 9.46. The summed E-state index contributed by atoms with van der Waals surface area (Å²) >= 11 is 0. The molecule has 2 fully saturated rings. The van der Waals surface area contributed by atoms with E-state index in [1.165, 1.54) is 12.4 Å². The molecular formula is C18H19F2N7O2. The van der Waals surface area contributed by atoms with Crippen LogP contribution in [-0.4, -0.2) is 49.2 Å². The van der Waals surface area contributed by atoms with Crippen LogP contribution in [-0.2, 0) is 4.79 Å². The highest BCUT2D eigenvalue weighted by Gasteiger charge is 2.30. The number of carbonyl (C=O) groups excluding carboxylic acids is 1. The SMILES string of the molecule is O=C(Nc1cn2cc(-c3c(OC[C@H]4CCN4)cnn3C(F)F)ncc2n1)C1CC1. The maximum atomic E-state index is 13.5. The Morgan fingerprint density at radius 3 is 2.83 bits per heavy atom. The highest BCUT2D eigenvalue weighted by atomic mass is 19.3. The number of hydrogen-bond donors (Lipinski definition) is 2. The van der Waals surface area contributed by atoms with Crippen molar-refractivity contribution < 1.29 is 18.3 Å². The van der Waals surface area contributed by atoms with Crippen molar-refractivity contribution in [3.63, 3.8) is 0 Å². The highest BCUT2D eigenvalue weighted by molar-refractivity contribution is 5.93. The summed E-state index contributed by atoms with van der Waals surface area (Å²) in [4.78, 5) is 20.5. The fourth-order valence-corrected chi connectivity index (χ4v) is 3.18. The van der Waals surface area contributed by atoms with E-state index in [0.717, 1.165) is 25.8 Å². The van der Waals surface area contributed by atoms with Crippen LogP contribution in [0.4, 0.5) is 14.6 Å². The number of aromatic nitrogens is 5. The third kappa shape index (κ3) is 3.53. The number of hydrogen-bond acceptors (Lipinski definition) is 6. The van der Waals surface area contributed by atoms with Crippen molar-refractivity contribution in [1.29, 1.82) is 0 Å². The van der Waals surface area contributed by atoms with E-state index in [1.54, 1.807) is 16.8 Å². The van der Waals surface area contributed by atoms with E-state index in [0.29, 0.717) is 22.8 Å². The van der Waals surface area contributed by atoms with Crippen molar-refractivity contribution in [3.8, 4) is 17.1 Å². The van der Waals surface area contributed by atoms with E-state index < -0.39 is 6.55 Å². The number of imidazole rings is 1. The first-order chi connectivity index (χ1) is 14.1. The van der Waals surface area contributed by atoms with Gasteiger partial charge in [0.15, 0.2) is 17.2 Å². The molecule has 152 valence electrons. The molecule has 29 heavy (non-hydrogen) atoms. The van der Waals surface area contributed by atoms with Crippen LogP contribution < -0.4 is 15.4 Å². The molecule has 2 aliphatic rings. The number of amides is 1. The van der Waals surface area contributed by atoms with Gasteiger partial charge in [-0.25, -0.2) is 9.97 Å². The molecule has 3 aromatic heterocycles. The van der Waals surface area contributed by atoms with Gasteiger partial charge in [0, 0.05) is 18.2 Å². The number of nitrogens with zero attached hydrogens (tertiary/aromatic N) is 5. The largest absolute Gasteiger partial charge is 0.488 e. The molecule has 0 radical (unpaired) electrons. The molecule has 0 spiro atoms. The molecule has 0 unspecified atom stereocenters. The second-order valence-electron chi connectivity index (χ2n) is 7.26. The lowest BCUT2D eigenvalue weighted by molar-refractivity contribution is -0.117. The maximum absolute atomic E-state index is 13.5. The normalized spacial score (nSPS) is 18.8. The van der Waals surface area contributed by atoms with Crippen molar-refractivity contribution in [1.82, 2.24) is 29.5 Å². The van der Waals surface area contributed by atoms with Gasteiger partial charge in [-0.1, -0.05) is 0 Å². The standard InChI is InChI=1S/C18H19F2N7O2/c19-18(20)27-16(13(5-23-27)29-9-11-3-4-21-11)12-7-26-8-14(24-15(26)6-22-12)25-17(28)10-1-2-10/h5-8,10-11,18,21H,1-4,9H2,(H,25,28)/t11-/m1/s1. The van der Waals surface area contributed by atoms with Gasteiger partial charge >= 0.3 is 6.55 Å². The maximum Gasteiger partial charge on any atom is 0.333 e. The Hall–Kier alpha value is -3.08. The van der Waals surface area contributed by atoms with Crippen LogP contribution in [0.2, 0.25) is 0 Å². The Balaban J connectivity index is 1.45. The van der Waals surface area contributed by atoms with Gasteiger partial charge < -0.3 is 19.8 Å². The topological polar surface area (TPSA) is 98.4 Å². The van der Waals surface area contributed by atoms with Crippen molar-refractivity contribution >= 4 is 17.4 Å². The molecule has 1 atom stereocenters. The summed E-state index contributed by atoms with van der Waals surface area (Å²) in [6.07, 6.45) is 8.70. The van der Waals surface area contributed by atoms with E-state index in [2.05, 4.69) is 25.7 Å². The predicted molar refractivity (Wildman–Crippen MR) is 98.7 cm³/mol. The van der Waals surface area contributed by atoms with Crippen LogP contribution in [0.1, 0.15) is 25.8 Å². The summed E-state index contributed by atoms with van der Waals surface area (Å²) < 4.78 is 34.9. The van der Waals surface area contributed by atoms with Gasteiger partial charge in [0.05, 0.1) is 18.6 Å². The minimum absolute atomic E-state index is 0.0544. The molecule has 1 saturated carbocycles. The van der Waals surface area contributed by atoms with E-state index >= 15 is 0 Å². The van der Waals surface area contributed by atoms with Crippen LogP contribution in [0.15, 0.2) is 24.8 Å². The molecule has 1 saturated heterocycles. The Bertz CT molecular complexity index is 1060. The van der Waals surface area contributed by atoms with Gasteiger partial charge in [-0.3, -0.25) is 4.79 Å². The van der Waals surface area contributed by atoms with Gasteiger partial charge in [-0.15, -0.1) is 0 Å². The van der Waals surface area contributed by atoms with Crippen LogP contribution in [0.25, 0.3) is 17.0 Å². The van der Waals surface area contributed by atoms with Gasteiger partial charge in [0.25, 0.3) is 0 Å². The summed E-state index contributed by atoms with van der Waals surface area (Å²) in [6, 6.07) is 0.208. The number of alkyl halides is 2. The van der Waals surface area contributed by atoms with Crippen molar-refractivity contribution in [2.45, 2.75) is 31.9 Å². The van der Waals surface area contributed by atoms with E-state index in [1.807, 2.05) is 0 Å². The zero-order valence-electron chi connectivity index (χ0n) is 15.4. The smallest absolute Gasteiger partial charge is 0.333 e. The fraction of sp³-hybridized carbons (Fsp3) is 0.444. The number of halogens is 2. The minimum Gasteiger partial charge on any atom is -0.488 e. The predicted octanol–water partition coefficient (Wildman–Crippen LogP) is 2.08. The molecular weight excluding hydrogens is 384 g/mol. The molecule has 1 amide bonds. The first-order valence-electron chi connectivity index (χ1n) is 9.46. The number of rotatable bonds is 7. The number of nitrogens with one attached hydrogen (secondary N) is 2. The quantitative estimate of drug-likeness (QED) is 0.627. The van der Waals surface area contributed by atoms with E-state index in [9.17, 15) is 13.6 Å². The molecule has 0 aromatic carbocycles.